The first-order valence-corrected chi connectivity index (χ1v) is 13.0. The smallest absolute Gasteiger partial charge is 0.254 e. The summed E-state index contributed by atoms with van der Waals surface area (Å²) in [4.78, 5) is 36.6. The molecule has 38 heavy (non-hydrogen) atoms. The Labute approximate surface area is 226 Å². The summed E-state index contributed by atoms with van der Waals surface area (Å²) in [6.45, 7) is 3.07. The Morgan fingerprint density at radius 1 is 1.21 bits per heavy atom. The number of aromatic nitrogens is 2. The first-order valence-electron chi connectivity index (χ1n) is 12.6. The number of aliphatic hydroxyl groups is 1. The molecule has 198 valence electrons. The quantitative estimate of drug-likeness (QED) is 0.405. The van der Waals surface area contributed by atoms with Crippen LogP contribution in [0.25, 0.3) is 11.3 Å². The van der Waals surface area contributed by atoms with Crippen molar-refractivity contribution in [2.75, 3.05) is 31.7 Å². The fourth-order valence-corrected chi connectivity index (χ4v) is 5.03. The molecule has 0 bridgehead atoms. The summed E-state index contributed by atoms with van der Waals surface area (Å²) < 4.78 is 5.41. The van der Waals surface area contributed by atoms with Gasteiger partial charge in [-0.3, -0.25) is 9.59 Å². The van der Waals surface area contributed by atoms with Crippen molar-refractivity contribution < 1.29 is 19.4 Å². The Kier molecular flexibility index (Phi) is 7.60. The predicted molar refractivity (Wildman–Crippen MR) is 144 cm³/mol. The zero-order valence-electron chi connectivity index (χ0n) is 21.1. The molecule has 10 heteroatoms. The number of hydrogen-bond donors (Lipinski definition) is 3. The van der Waals surface area contributed by atoms with Crippen LogP contribution in [-0.2, 0) is 21.6 Å². The van der Waals surface area contributed by atoms with E-state index in [1.807, 2.05) is 42.5 Å². The van der Waals surface area contributed by atoms with Gasteiger partial charge in [-0.15, -0.1) is 0 Å². The van der Waals surface area contributed by atoms with Gasteiger partial charge in [0.15, 0.2) is 0 Å². The van der Waals surface area contributed by atoms with E-state index in [4.69, 9.17) is 16.3 Å². The number of rotatable bonds is 8. The summed E-state index contributed by atoms with van der Waals surface area (Å²) >= 11 is 6.44. The van der Waals surface area contributed by atoms with Gasteiger partial charge in [0.05, 0.1) is 29.1 Å². The summed E-state index contributed by atoms with van der Waals surface area (Å²) in [7, 11) is 0. The van der Waals surface area contributed by atoms with E-state index in [1.165, 1.54) is 4.90 Å². The molecule has 1 atom stereocenters. The molecule has 1 aromatic heterocycles. The fraction of sp³-hybridized carbons (Fsp3) is 0.357. The summed E-state index contributed by atoms with van der Waals surface area (Å²) in [5.74, 6) is -0.116. The number of aliphatic hydroxyl groups excluding tert-OH is 1. The zero-order chi connectivity index (χ0) is 26.7. The topological polar surface area (TPSA) is 117 Å². The van der Waals surface area contributed by atoms with Crippen LogP contribution < -0.4 is 10.6 Å². The van der Waals surface area contributed by atoms with E-state index in [1.54, 1.807) is 19.2 Å². The second-order valence-electron chi connectivity index (χ2n) is 9.86. The lowest BCUT2D eigenvalue weighted by molar-refractivity contribution is -0.124. The van der Waals surface area contributed by atoms with Crippen LogP contribution in [0.1, 0.15) is 41.3 Å². The van der Waals surface area contributed by atoms with Crippen molar-refractivity contribution in [3.05, 3.63) is 76.4 Å². The first kappa shape index (κ1) is 26.1. The summed E-state index contributed by atoms with van der Waals surface area (Å²) in [6.07, 6.45) is 3.31. The molecular formula is C28H30ClN5O4. The molecule has 0 saturated carbocycles. The van der Waals surface area contributed by atoms with Crippen LogP contribution in [0.5, 0.6) is 0 Å². The van der Waals surface area contributed by atoms with Crippen LogP contribution in [0, 0.1) is 0 Å². The highest BCUT2D eigenvalue weighted by Gasteiger charge is 2.33. The largest absolute Gasteiger partial charge is 0.394 e. The maximum absolute atomic E-state index is 13.2. The maximum Gasteiger partial charge on any atom is 0.254 e. The molecule has 2 aromatic carbocycles. The second-order valence-corrected chi connectivity index (χ2v) is 10.3. The molecule has 2 amide bonds. The highest BCUT2D eigenvalue weighted by atomic mass is 35.5. The third-order valence-electron chi connectivity index (χ3n) is 7.04. The van der Waals surface area contributed by atoms with Crippen molar-refractivity contribution in [3.8, 4) is 11.3 Å². The number of hydrogen-bond acceptors (Lipinski definition) is 7. The molecule has 5 rings (SSSR count). The highest BCUT2D eigenvalue weighted by Crippen LogP contribution is 2.32. The lowest BCUT2D eigenvalue weighted by atomic mass is 9.93. The monoisotopic (exact) mass is 535 g/mol. The van der Waals surface area contributed by atoms with Crippen molar-refractivity contribution in [1.29, 1.82) is 0 Å². The Bertz CT molecular complexity index is 1330. The second kappa shape index (κ2) is 11.1. The SMILES string of the molecule is CC(CO)(NC(=O)CN1Cc2ccc(-c3nc(NC4CCOCC4)ncc3Cl)cc2C1=O)c1ccccc1. The number of benzene rings is 2. The minimum Gasteiger partial charge on any atom is -0.394 e. The van der Waals surface area contributed by atoms with Gasteiger partial charge in [-0.25, -0.2) is 9.97 Å². The molecule has 1 fully saturated rings. The van der Waals surface area contributed by atoms with Gasteiger partial charge >= 0.3 is 0 Å². The molecular weight excluding hydrogens is 506 g/mol. The molecule has 1 unspecified atom stereocenters. The number of anilines is 1. The van der Waals surface area contributed by atoms with E-state index in [0.29, 0.717) is 47.6 Å². The number of halogens is 1. The average Bonchev–Trinajstić information content (AvgIpc) is 3.24. The number of carbonyl (C=O) groups is 2. The molecule has 3 heterocycles. The van der Waals surface area contributed by atoms with Gasteiger partial charge in [-0.2, -0.15) is 0 Å². The molecule has 0 aliphatic carbocycles. The van der Waals surface area contributed by atoms with E-state index in [9.17, 15) is 14.7 Å². The van der Waals surface area contributed by atoms with E-state index < -0.39 is 5.54 Å². The Balaban J connectivity index is 1.29. The number of amides is 2. The van der Waals surface area contributed by atoms with E-state index in [0.717, 1.165) is 24.0 Å². The van der Waals surface area contributed by atoms with Gasteiger partial charge in [0, 0.05) is 36.9 Å². The van der Waals surface area contributed by atoms with Crippen LogP contribution in [0.3, 0.4) is 0 Å². The van der Waals surface area contributed by atoms with E-state index in [2.05, 4.69) is 20.6 Å². The lowest BCUT2D eigenvalue weighted by Gasteiger charge is -2.30. The Morgan fingerprint density at radius 2 is 1.97 bits per heavy atom. The van der Waals surface area contributed by atoms with Gasteiger partial charge < -0.3 is 25.4 Å². The minimum atomic E-state index is -0.957. The summed E-state index contributed by atoms with van der Waals surface area (Å²) in [5, 5.41) is 16.6. The number of nitrogens with one attached hydrogen (secondary N) is 2. The molecule has 0 spiro atoms. The molecule has 1 saturated heterocycles. The van der Waals surface area contributed by atoms with E-state index in [-0.39, 0.29) is 31.0 Å². The van der Waals surface area contributed by atoms with Crippen molar-refractivity contribution >= 4 is 29.4 Å². The molecule has 3 aromatic rings. The van der Waals surface area contributed by atoms with Crippen LogP contribution in [0.2, 0.25) is 5.02 Å². The Morgan fingerprint density at radius 3 is 2.71 bits per heavy atom. The van der Waals surface area contributed by atoms with Crippen molar-refractivity contribution in [2.45, 2.75) is 37.9 Å². The summed E-state index contributed by atoms with van der Waals surface area (Å²) in [5.41, 5.74) is 2.39. The predicted octanol–water partition coefficient (Wildman–Crippen LogP) is 3.37. The molecule has 9 nitrogen and oxygen atoms in total. The maximum atomic E-state index is 13.2. The van der Waals surface area contributed by atoms with Gasteiger partial charge in [0.25, 0.3) is 5.91 Å². The van der Waals surface area contributed by atoms with Crippen LogP contribution in [-0.4, -0.2) is 64.2 Å². The number of ether oxygens (including phenoxy) is 1. The van der Waals surface area contributed by atoms with Gasteiger partial charge in [0.2, 0.25) is 11.9 Å². The average molecular weight is 536 g/mol. The van der Waals surface area contributed by atoms with Crippen molar-refractivity contribution in [3.63, 3.8) is 0 Å². The fourth-order valence-electron chi connectivity index (χ4n) is 4.83. The van der Waals surface area contributed by atoms with E-state index >= 15 is 0 Å². The van der Waals surface area contributed by atoms with Gasteiger partial charge in [-0.1, -0.05) is 54.1 Å². The Hall–Kier alpha value is -3.53. The molecule has 3 N–H and O–H groups in total. The number of carbonyl (C=O) groups excluding carboxylic acids is 2. The molecule has 2 aliphatic rings. The van der Waals surface area contributed by atoms with Crippen LogP contribution in [0.4, 0.5) is 5.95 Å². The zero-order valence-corrected chi connectivity index (χ0v) is 21.9. The third kappa shape index (κ3) is 5.50. The number of fused-ring (bicyclic) bond motifs is 1. The molecule has 0 radical (unpaired) electrons. The highest BCUT2D eigenvalue weighted by molar-refractivity contribution is 6.33. The number of nitrogens with zero attached hydrogens (tertiary/aromatic N) is 3. The normalized spacial score (nSPS) is 17.1. The van der Waals surface area contributed by atoms with Crippen LogP contribution in [0.15, 0.2) is 54.7 Å². The minimum absolute atomic E-state index is 0.126. The van der Waals surface area contributed by atoms with Crippen molar-refractivity contribution in [1.82, 2.24) is 20.2 Å². The third-order valence-corrected chi connectivity index (χ3v) is 7.31. The van der Waals surface area contributed by atoms with Gasteiger partial charge in [0.1, 0.15) is 6.54 Å². The standard InChI is InChI=1S/C28H30ClN5O4/c1-28(17-35,20-5-3-2-4-6-20)33-24(36)16-34-15-19-8-7-18(13-22(19)26(34)37)25-23(29)14-30-27(32-25)31-21-9-11-38-12-10-21/h2-8,13-14,21,35H,9-12,15-17H2,1H3,(H,33,36)(H,30,31,32). The van der Waals surface area contributed by atoms with Crippen LogP contribution >= 0.6 is 11.6 Å². The van der Waals surface area contributed by atoms with Gasteiger partial charge in [-0.05, 0) is 37.0 Å². The summed E-state index contributed by atoms with van der Waals surface area (Å²) in [6, 6.07) is 15.0. The first-order chi connectivity index (χ1) is 18.4. The van der Waals surface area contributed by atoms with Crippen molar-refractivity contribution in [2.24, 2.45) is 0 Å². The lowest BCUT2D eigenvalue weighted by Crippen LogP contribution is -2.49. The molecule has 2 aliphatic heterocycles.